The van der Waals surface area contributed by atoms with Crippen molar-refractivity contribution in [1.82, 2.24) is 4.98 Å². The van der Waals surface area contributed by atoms with Gasteiger partial charge in [0.1, 0.15) is 0 Å². The first-order chi connectivity index (χ1) is 6.33. The van der Waals surface area contributed by atoms with Crippen molar-refractivity contribution in [3.8, 4) is 0 Å². The highest BCUT2D eigenvalue weighted by Crippen LogP contribution is 2.28. The minimum atomic E-state index is 0.705. The van der Waals surface area contributed by atoms with E-state index in [1.807, 2.05) is 12.1 Å². The molecule has 0 spiro atoms. The van der Waals surface area contributed by atoms with Crippen molar-refractivity contribution < 1.29 is 0 Å². The molecule has 0 unspecified atom stereocenters. The molecule has 2 rings (SSSR count). The Kier molecular flexibility index (Phi) is 2.04. The van der Waals surface area contributed by atoms with Crippen LogP contribution in [0.2, 0.25) is 5.02 Å². The molecule has 1 aromatic carbocycles. The van der Waals surface area contributed by atoms with E-state index in [9.17, 15) is 0 Å². The molecule has 0 amide bonds. The average Bonchev–Trinajstić information content (AvgIpc) is 2.19. The molecule has 0 radical (unpaired) electrons. The molecule has 1 aromatic heterocycles. The van der Waals surface area contributed by atoms with Crippen LogP contribution in [0, 0.1) is 0 Å². The highest BCUT2D eigenvalue weighted by atomic mass is 35.5. The Morgan fingerprint density at radius 2 is 2.08 bits per heavy atom. The van der Waals surface area contributed by atoms with Crippen molar-refractivity contribution >= 4 is 28.1 Å². The minimum Gasteiger partial charge on any atom is -0.323 e. The summed E-state index contributed by atoms with van der Waals surface area (Å²) in [6.07, 6.45) is 3.44. The van der Waals surface area contributed by atoms with E-state index in [4.69, 9.17) is 17.4 Å². The summed E-state index contributed by atoms with van der Waals surface area (Å²) in [4.78, 5) is 4.01. The molecule has 0 aliphatic heterocycles. The molecule has 2 aromatic rings. The van der Waals surface area contributed by atoms with Gasteiger partial charge in [0.05, 0.1) is 5.69 Å². The van der Waals surface area contributed by atoms with Crippen LogP contribution in [0.25, 0.3) is 10.8 Å². The fourth-order valence-corrected chi connectivity index (χ4v) is 1.51. The van der Waals surface area contributed by atoms with Gasteiger partial charge in [-0.05, 0) is 18.2 Å². The van der Waals surface area contributed by atoms with Crippen molar-refractivity contribution in [2.75, 3.05) is 5.43 Å². The molecule has 0 fully saturated rings. The monoisotopic (exact) mass is 193 g/mol. The van der Waals surface area contributed by atoms with E-state index in [2.05, 4.69) is 10.4 Å². The maximum atomic E-state index is 5.99. The maximum absolute atomic E-state index is 5.99. The molecule has 0 saturated carbocycles. The van der Waals surface area contributed by atoms with Gasteiger partial charge in [-0.15, -0.1) is 0 Å². The highest BCUT2D eigenvalue weighted by Gasteiger charge is 2.02. The number of nitrogen functional groups attached to an aromatic ring is 1. The summed E-state index contributed by atoms with van der Waals surface area (Å²) in [6, 6.07) is 5.49. The number of nitrogens with two attached hydrogens (primary N) is 1. The molecule has 1 heterocycles. The zero-order valence-corrected chi connectivity index (χ0v) is 7.55. The Bertz CT molecular complexity index is 442. The summed E-state index contributed by atoms with van der Waals surface area (Å²) >= 11 is 5.99. The highest BCUT2D eigenvalue weighted by molar-refractivity contribution is 6.36. The lowest BCUT2D eigenvalue weighted by Crippen LogP contribution is -2.06. The molecule has 3 N–H and O–H groups in total. The summed E-state index contributed by atoms with van der Waals surface area (Å²) in [5.74, 6) is 5.35. The molecule has 3 nitrogen and oxygen atoms in total. The zero-order chi connectivity index (χ0) is 9.26. The van der Waals surface area contributed by atoms with Crippen LogP contribution in [-0.4, -0.2) is 4.98 Å². The van der Waals surface area contributed by atoms with Crippen LogP contribution >= 0.6 is 11.6 Å². The van der Waals surface area contributed by atoms with Crippen LogP contribution in [-0.2, 0) is 0 Å². The predicted octanol–water partition coefficient (Wildman–Crippen LogP) is 2.17. The number of anilines is 1. The first-order valence-corrected chi connectivity index (χ1v) is 4.19. The molecular weight excluding hydrogens is 186 g/mol. The number of nitrogens with zero attached hydrogens (tertiary/aromatic N) is 1. The van der Waals surface area contributed by atoms with E-state index in [0.29, 0.717) is 5.02 Å². The molecule has 0 saturated heterocycles. The fraction of sp³-hybridized carbons (Fsp3) is 0. The molecule has 0 bridgehead atoms. The molecule has 0 aliphatic carbocycles. The van der Waals surface area contributed by atoms with Crippen molar-refractivity contribution in [2.24, 2.45) is 5.84 Å². The number of rotatable bonds is 1. The standard InChI is InChI=1S/C9H8ClN3/c10-8-1-2-9(13-11)7-5-12-4-3-6(7)8/h1-5,13H,11H2. The Morgan fingerprint density at radius 1 is 1.23 bits per heavy atom. The summed E-state index contributed by atoms with van der Waals surface area (Å²) in [5, 5.41) is 2.58. The lowest BCUT2D eigenvalue weighted by Gasteiger charge is -2.05. The maximum Gasteiger partial charge on any atom is 0.0580 e. The predicted molar refractivity (Wildman–Crippen MR) is 54.6 cm³/mol. The number of nitrogens with one attached hydrogen (secondary N) is 1. The first-order valence-electron chi connectivity index (χ1n) is 3.82. The van der Waals surface area contributed by atoms with Gasteiger partial charge in [-0.3, -0.25) is 10.8 Å². The third kappa shape index (κ3) is 1.32. The minimum absolute atomic E-state index is 0.705. The van der Waals surface area contributed by atoms with E-state index in [-0.39, 0.29) is 0 Å². The van der Waals surface area contributed by atoms with Crippen molar-refractivity contribution in [2.45, 2.75) is 0 Å². The van der Waals surface area contributed by atoms with Gasteiger partial charge in [0.25, 0.3) is 0 Å². The van der Waals surface area contributed by atoms with Gasteiger partial charge in [-0.1, -0.05) is 11.6 Å². The van der Waals surface area contributed by atoms with E-state index in [1.165, 1.54) is 0 Å². The number of hydrogen-bond acceptors (Lipinski definition) is 3. The van der Waals surface area contributed by atoms with Gasteiger partial charge in [0.2, 0.25) is 0 Å². The Hall–Kier alpha value is -1.32. The topological polar surface area (TPSA) is 50.9 Å². The van der Waals surface area contributed by atoms with Crippen molar-refractivity contribution in [3.63, 3.8) is 0 Å². The zero-order valence-electron chi connectivity index (χ0n) is 6.79. The normalized spacial score (nSPS) is 10.3. The van der Waals surface area contributed by atoms with E-state index >= 15 is 0 Å². The smallest absolute Gasteiger partial charge is 0.0580 e. The second-order valence-corrected chi connectivity index (χ2v) is 3.07. The Balaban J connectivity index is 2.84. The lowest BCUT2D eigenvalue weighted by molar-refractivity contribution is 1.33. The summed E-state index contributed by atoms with van der Waals surface area (Å²) < 4.78 is 0. The largest absolute Gasteiger partial charge is 0.323 e. The third-order valence-electron chi connectivity index (χ3n) is 1.92. The van der Waals surface area contributed by atoms with Gasteiger partial charge >= 0.3 is 0 Å². The van der Waals surface area contributed by atoms with Crippen LogP contribution in [0.3, 0.4) is 0 Å². The number of hydrogen-bond donors (Lipinski definition) is 2. The van der Waals surface area contributed by atoms with Crippen molar-refractivity contribution in [3.05, 3.63) is 35.6 Å². The van der Waals surface area contributed by atoms with Gasteiger partial charge in [-0.2, -0.15) is 0 Å². The summed E-state index contributed by atoms with van der Waals surface area (Å²) in [5.41, 5.74) is 3.42. The fourth-order valence-electron chi connectivity index (χ4n) is 1.28. The number of benzene rings is 1. The molecular formula is C9H8ClN3. The number of halogens is 1. The third-order valence-corrected chi connectivity index (χ3v) is 2.25. The Labute approximate surface area is 80.5 Å². The van der Waals surface area contributed by atoms with Gasteiger partial charge in [0, 0.05) is 28.2 Å². The van der Waals surface area contributed by atoms with Crippen LogP contribution in [0.15, 0.2) is 30.6 Å². The van der Waals surface area contributed by atoms with E-state index in [1.54, 1.807) is 18.5 Å². The SMILES string of the molecule is NNc1ccc(Cl)c2ccncc12. The summed E-state index contributed by atoms with van der Waals surface area (Å²) in [6.45, 7) is 0. The van der Waals surface area contributed by atoms with Crippen LogP contribution in [0.5, 0.6) is 0 Å². The number of hydrazine groups is 1. The van der Waals surface area contributed by atoms with Crippen LogP contribution in [0.1, 0.15) is 0 Å². The average molecular weight is 194 g/mol. The van der Waals surface area contributed by atoms with E-state index in [0.717, 1.165) is 16.5 Å². The molecule has 13 heavy (non-hydrogen) atoms. The second kappa shape index (κ2) is 3.20. The number of pyridine rings is 1. The quantitative estimate of drug-likeness (QED) is 0.539. The van der Waals surface area contributed by atoms with Gasteiger partial charge in [-0.25, -0.2) is 0 Å². The molecule has 66 valence electrons. The van der Waals surface area contributed by atoms with Crippen molar-refractivity contribution in [1.29, 1.82) is 0 Å². The number of aromatic nitrogens is 1. The van der Waals surface area contributed by atoms with Gasteiger partial charge < -0.3 is 5.43 Å². The number of fused-ring (bicyclic) bond motifs is 1. The van der Waals surface area contributed by atoms with Crippen LogP contribution in [0.4, 0.5) is 5.69 Å². The van der Waals surface area contributed by atoms with Crippen LogP contribution < -0.4 is 11.3 Å². The summed E-state index contributed by atoms with van der Waals surface area (Å²) in [7, 11) is 0. The Morgan fingerprint density at radius 3 is 2.85 bits per heavy atom. The first kappa shape index (κ1) is 8.29. The van der Waals surface area contributed by atoms with E-state index < -0.39 is 0 Å². The molecule has 4 heteroatoms. The second-order valence-electron chi connectivity index (χ2n) is 2.66. The molecule has 0 atom stereocenters. The van der Waals surface area contributed by atoms with Gasteiger partial charge in [0.15, 0.2) is 0 Å². The molecule has 0 aliphatic rings. The lowest BCUT2D eigenvalue weighted by atomic mass is 10.1.